The van der Waals surface area contributed by atoms with E-state index in [1.807, 2.05) is 0 Å². The SMILES string of the molecule is C=C(C(=O)O)C(C)(C(=O)O)C(C)(C)C(=O)O. The van der Waals surface area contributed by atoms with E-state index in [-0.39, 0.29) is 0 Å². The largest absolute Gasteiger partial charge is 0.481 e. The highest BCUT2D eigenvalue weighted by molar-refractivity contribution is 5.99. The van der Waals surface area contributed by atoms with Crippen molar-refractivity contribution in [3.05, 3.63) is 12.2 Å². The molecule has 0 radical (unpaired) electrons. The van der Waals surface area contributed by atoms with Crippen molar-refractivity contribution in [3.8, 4) is 0 Å². The second-order valence-electron chi connectivity index (χ2n) is 4.14. The van der Waals surface area contributed by atoms with Crippen LogP contribution in [0.25, 0.3) is 0 Å². The van der Waals surface area contributed by atoms with Crippen LogP contribution in [0.1, 0.15) is 20.8 Å². The topological polar surface area (TPSA) is 112 Å². The molecule has 0 saturated carbocycles. The van der Waals surface area contributed by atoms with E-state index in [4.69, 9.17) is 15.3 Å². The van der Waals surface area contributed by atoms with Crippen LogP contribution < -0.4 is 0 Å². The van der Waals surface area contributed by atoms with Crippen LogP contribution in [0.5, 0.6) is 0 Å². The Balaban J connectivity index is 5.82. The fraction of sp³-hybridized carbons (Fsp3) is 0.500. The Morgan fingerprint density at radius 2 is 1.31 bits per heavy atom. The van der Waals surface area contributed by atoms with Crippen LogP contribution in [0.3, 0.4) is 0 Å². The maximum absolute atomic E-state index is 11.1. The van der Waals surface area contributed by atoms with Gasteiger partial charge in [0.15, 0.2) is 0 Å². The predicted molar refractivity (Wildman–Crippen MR) is 53.9 cm³/mol. The molecule has 90 valence electrons. The highest BCUT2D eigenvalue weighted by Gasteiger charge is 2.56. The normalized spacial score (nSPS) is 14.9. The first-order valence-electron chi connectivity index (χ1n) is 4.39. The Kier molecular flexibility index (Phi) is 3.50. The van der Waals surface area contributed by atoms with E-state index in [1.54, 1.807) is 0 Å². The van der Waals surface area contributed by atoms with Crippen LogP contribution in [0.15, 0.2) is 12.2 Å². The standard InChI is InChI=1S/C10H14O6/c1-5(6(11)12)10(4,8(15)16)9(2,3)7(13)14/h1H2,2-4H3,(H,11,12)(H,13,14)(H,15,16). The van der Waals surface area contributed by atoms with Crippen LogP contribution in [0.4, 0.5) is 0 Å². The van der Waals surface area contributed by atoms with Gasteiger partial charge in [0, 0.05) is 5.57 Å². The van der Waals surface area contributed by atoms with Gasteiger partial charge in [-0.05, 0) is 20.8 Å². The summed E-state index contributed by atoms with van der Waals surface area (Å²) in [6.45, 7) is 6.49. The van der Waals surface area contributed by atoms with Gasteiger partial charge in [0.2, 0.25) is 0 Å². The summed E-state index contributed by atoms with van der Waals surface area (Å²) in [6, 6.07) is 0. The fourth-order valence-electron chi connectivity index (χ4n) is 1.20. The molecule has 0 aliphatic heterocycles. The summed E-state index contributed by atoms with van der Waals surface area (Å²) in [6.07, 6.45) is 0. The zero-order valence-corrected chi connectivity index (χ0v) is 9.27. The highest BCUT2D eigenvalue weighted by atomic mass is 16.4. The smallest absolute Gasteiger partial charge is 0.332 e. The third kappa shape index (κ3) is 1.78. The quantitative estimate of drug-likeness (QED) is 0.603. The molecule has 6 heteroatoms. The van der Waals surface area contributed by atoms with Gasteiger partial charge in [-0.1, -0.05) is 6.58 Å². The average molecular weight is 230 g/mol. The first-order valence-corrected chi connectivity index (χ1v) is 4.39. The van der Waals surface area contributed by atoms with Gasteiger partial charge in [0.1, 0.15) is 5.41 Å². The van der Waals surface area contributed by atoms with Crippen LogP contribution in [-0.4, -0.2) is 33.2 Å². The number of aliphatic carboxylic acids is 3. The number of rotatable bonds is 5. The van der Waals surface area contributed by atoms with Crippen molar-refractivity contribution >= 4 is 17.9 Å². The molecule has 1 unspecified atom stereocenters. The van der Waals surface area contributed by atoms with E-state index in [9.17, 15) is 14.4 Å². The maximum atomic E-state index is 11.1. The Bertz CT molecular complexity index is 368. The van der Waals surface area contributed by atoms with Crippen LogP contribution in [-0.2, 0) is 14.4 Å². The summed E-state index contributed by atoms with van der Waals surface area (Å²) in [4.78, 5) is 32.9. The lowest BCUT2D eigenvalue weighted by Crippen LogP contribution is -2.49. The van der Waals surface area contributed by atoms with E-state index in [1.165, 1.54) is 0 Å². The van der Waals surface area contributed by atoms with E-state index in [0.29, 0.717) is 0 Å². The van der Waals surface area contributed by atoms with Crippen molar-refractivity contribution < 1.29 is 29.7 Å². The molecule has 0 aromatic rings. The molecule has 0 saturated heterocycles. The van der Waals surface area contributed by atoms with E-state index in [0.717, 1.165) is 20.8 Å². The first-order chi connectivity index (χ1) is 6.99. The van der Waals surface area contributed by atoms with Gasteiger partial charge in [0.25, 0.3) is 0 Å². The Morgan fingerprint density at radius 3 is 1.50 bits per heavy atom. The van der Waals surface area contributed by atoms with Crippen LogP contribution >= 0.6 is 0 Å². The fourth-order valence-corrected chi connectivity index (χ4v) is 1.20. The lowest BCUT2D eigenvalue weighted by molar-refractivity contribution is -0.167. The van der Waals surface area contributed by atoms with Crippen LogP contribution in [0, 0.1) is 10.8 Å². The van der Waals surface area contributed by atoms with E-state index in [2.05, 4.69) is 6.58 Å². The van der Waals surface area contributed by atoms with E-state index >= 15 is 0 Å². The van der Waals surface area contributed by atoms with Crippen LogP contribution in [0.2, 0.25) is 0 Å². The van der Waals surface area contributed by atoms with Gasteiger partial charge >= 0.3 is 17.9 Å². The molecule has 0 aliphatic rings. The number of carboxylic acid groups (broad SMARTS) is 3. The van der Waals surface area contributed by atoms with Gasteiger partial charge in [-0.3, -0.25) is 9.59 Å². The Hall–Kier alpha value is -1.85. The van der Waals surface area contributed by atoms with Gasteiger partial charge in [0.05, 0.1) is 5.41 Å². The summed E-state index contributed by atoms with van der Waals surface area (Å²) < 4.78 is 0. The zero-order valence-electron chi connectivity index (χ0n) is 9.27. The molecule has 0 aliphatic carbocycles. The molecule has 1 atom stereocenters. The molecule has 0 aromatic heterocycles. The summed E-state index contributed by atoms with van der Waals surface area (Å²) in [5, 5.41) is 26.8. The molecule has 0 fully saturated rings. The van der Waals surface area contributed by atoms with Crippen molar-refractivity contribution in [3.63, 3.8) is 0 Å². The van der Waals surface area contributed by atoms with Crippen molar-refractivity contribution in [2.24, 2.45) is 10.8 Å². The minimum Gasteiger partial charge on any atom is -0.481 e. The number of hydrogen-bond donors (Lipinski definition) is 3. The minimum absolute atomic E-state index is 0.660. The average Bonchev–Trinajstić information content (AvgIpc) is 2.14. The van der Waals surface area contributed by atoms with Crippen molar-refractivity contribution in [1.82, 2.24) is 0 Å². The van der Waals surface area contributed by atoms with Gasteiger partial charge in [-0.15, -0.1) is 0 Å². The molecule has 0 spiro atoms. The molecule has 0 rings (SSSR count). The van der Waals surface area contributed by atoms with Gasteiger partial charge in [-0.25, -0.2) is 4.79 Å². The van der Waals surface area contributed by atoms with Crippen molar-refractivity contribution in [2.45, 2.75) is 20.8 Å². The molecule has 0 aromatic carbocycles. The van der Waals surface area contributed by atoms with Crippen molar-refractivity contribution in [2.75, 3.05) is 0 Å². The monoisotopic (exact) mass is 230 g/mol. The third-order valence-corrected chi connectivity index (χ3v) is 3.07. The molecule has 3 N–H and O–H groups in total. The number of hydrogen-bond acceptors (Lipinski definition) is 3. The Morgan fingerprint density at radius 1 is 0.938 bits per heavy atom. The maximum Gasteiger partial charge on any atom is 0.332 e. The number of carbonyl (C=O) groups is 3. The molecular weight excluding hydrogens is 216 g/mol. The van der Waals surface area contributed by atoms with E-state index < -0.39 is 34.3 Å². The van der Waals surface area contributed by atoms with Crippen molar-refractivity contribution in [1.29, 1.82) is 0 Å². The molecule has 0 heterocycles. The molecule has 16 heavy (non-hydrogen) atoms. The summed E-state index contributed by atoms with van der Waals surface area (Å²) in [7, 11) is 0. The highest BCUT2D eigenvalue weighted by Crippen LogP contribution is 2.44. The van der Waals surface area contributed by atoms with Gasteiger partial charge in [-0.2, -0.15) is 0 Å². The summed E-state index contributed by atoms with van der Waals surface area (Å²) >= 11 is 0. The summed E-state index contributed by atoms with van der Waals surface area (Å²) in [5.74, 6) is -4.47. The second kappa shape index (κ2) is 3.96. The molecule has 0 bridgehead atoms. The number of carboxylic acids is 3. The molecular formula is C10H14O6. The predicted octanol–water partition coefficient (Wildman–Crippen LogP) is 0.829. The third-order valence-electron chi connectivity index (χ3n) is 3.07. The molecule has 6 nitrogen and oxygen atoms in total. The Labute approximate surface area is 92.2 Å². The molecule has 0 amide bonds. The summed E-state index contributed by atoms with van der Waals surface area (Å²) in [5.41, 5.74) is -4.52. The first kappa shape index (κ1) is 14.2. The van der Waals surface area contributed by atoms with Gasteiger partial charge < -0.3 is 15.3 Å². The second-order valence-corrected chi connectivity index (χ2v) is 4.14. The minimum atomic E-state index is -2.08. The lowest BCUT2D eigenvalue weighted by atomic mass is 9.62. The lowest BCUT2D eigenvalue weighted by Gasteiger charge is -2.37. The zero-order chi connectivity index (χ0) is 13.3.